The van der Waals surface area contributed by atoms with Crippen LogP contribution in [0.15, 0.2) is 17.5 Å². The summed E-state index contributed by atoms with van der Waals surface area (Å²) >= 11 is 1.51. The normalized spacial score (nSPS) is 12.8. The molecule has 0 aromatic carbocycles. The Balaban J connectivity index is 2.42. The predicted octanol–water partition coefficient (Wildman–Crippen LogP) is 2.32. The third-order valence-electron chi connectivity index (χ3n) is 1.84. The highest BCUT2D eigenvalue weighted by molar-refractivity contribution is 7.12. The summed E-state index contributed by atoms with van der Waals surface area (Å²) in [7, 11) is 0. The lowest BCUT2D eigenvalue weighted by molar-refractivity contribution is 0.0976. The molecule has 1 heterocycles. The van der Waals surface area contributed by atoms with Crippen molar-refractivity contribution in [2.75, 3.05) is 6.54 Å². The van der Waals surface area contributed by atoms with Crippen LogP contribution in [0, 0.1) is 0 Å². The Morgan fingerprint density at radius 3 is 3.00 bits per heavy atom. The topological polar surface area (TPSA) is 29.1 Å². The van der Waals surface area contributed by atoms with Gasteiger partial charge in [-0.15, -0.1) is 11.3 Å². The Morgan fingerprint density at radius 1 is 1.69 bits per heavy atom. The van der Waals surface area contributed by atoms with E-state index in [0.717, 1.165) is 11.4 Å². The molecule has 1 aromatic heterocycles. The van der Waals surface area contributed by atoms with Crippen LogP contribution >= 0.6 is 11.3 Å². The summed E-state index contributed by atoms with van der Waals surface area (Å²) in [5.41, 5.74) is 0. The van der Waals surface area contributed by atoms with Gasteiger partial charge in [0.1, 0.15) is 0 Å². The molecule has 13 heavy (non-hydrogen) atoms. The first-order chi connectivity index (χ1) is 6.24. The van der Waals surface area contributed by atoms with Crippen molar-refractivity contribution in [3.63, 3.8) is 0 Å². The van der Waals surface area contributed by atoms with Gasteiger partial charge < -0.3 is 5.32 Å². The molecule has 0 saturated carbocycles. The van der Waals surface area contributed by atoms with E-state index in [1.165, 1.54) is 11.3 Å². The molecule has 0 amide bonds. The van der Waals surface area contributed by atoms with Gasteiger partial charge in [-0.05, 0) is 24.9 Å². The number of carbonyl (C=O) groups is 1. The van der Waals surface area contributed by atoms with Crippen molar-refractivity contribution < 1.29 is 4.79 Å². The van der Waals surface area contributed by atoms with Crippen molar-refractivity contribution >= 4 is 17.1 Å². The molecular formula is C10H15NOS. The number of hydrogen-bond donors (Lipinski definition) is 1. The van der Waals surface area contributed by atoms with Crippen molar-refractivity contribution in [3.8, 4) is 0 Å². The Morgan fingerprint density at radius 2 is 2.46 bits per heavy atom. The summed E-state index contributed by atoms with van der Waals surface area (Å²) in [6, 6.07) is 4.07. The summed E-state index contributed by atoms with van der Waals surface area (Å²) < 4.78 is 0. The number of ketones is 1. The van der Waals surface area contributed by atoms with Crippen molar-refractivity contribution in [2.24, 2.45) is 0 Å². The van der Waals surface area contributed by atoms with Crippen molar-refractivity contribution in [1.82, 2.24) is 5.32 Å². The molecule has 2 nitrogen and oxygen atoms in total. The van der Waals surface area contributed by atoms with Gasteiger partial charge in [0, 0.05) is 12.5 Å². The smallest absolute Gasteiger partial charge is 0.174 e. The van der Waals surface area contributed by atoms with Crippen LogP contribution in [0.5, 0.6) is 0 Å². The van der Waals surface area contributed by atoms with E-state index in [9.17, 15) is 4.79 Å². The van der Waals surface area contributed by atoms with Crippen LogP contribution in [-0.2, 0) is 0 Å². The zero-order valence-corrected chi connectivity index (χ0v) is 8.86. The number of rotatable bonds is 5. The quantitative estimate of drug-likeness (QED) is 0.734. The van der Waals surface area contributed by atoms with Crippen molar-refractivity contribution in [1.29, 1.82) is 0 Å². The average Bonchev–Trinajstić information content (AvgIpc) is 2.55. The maximum absolute atomic E-state index is 11.6. The fourth-order valence-electron chi connectivity index (χ4n) is 1.24. The van der Waals surface area contributed by atoms with Gasteiger partial charge in [0.25, 0.3) is 0 Å². The third kappa shape index (κ3) is 3.28. The summed E-state index contributed by atoms with van der Waals surface area (Å²) in [5, 5.41) is 5.16. The van der Waals surface area contributed by atoms with Gasteiger partial charge in [-0.1, -0.05) is 13.0 Å². The minimum atomic E-state index is 0.239. The van der Waals surface area contributed by atoms with Crippen LogP contribution in [0.4, 0.5) is 0 Å². The fourth-order valence-corrected chi connectivity index (χ4v) is 1.91. The van der Waals surface area contributed by atoms with Gasteiger partial charge in [0.15, 0.2) is 5.78 Å². The molecule has 72 valence electrons. The van der Waals surface area contributed by atoms with E-state index in [4.69, 9.17) is 0 Å². The number of hydrogen-bond acceptors (Lipinski definition) is 3. The average molecular weight is 197 g/mol. The zero-order valence-electron chi connectivity index (χ0n) is 8.04. The largest absolute Gasteiger partial charge is 0.314 e. The van der Waals surface area contributed by atoms with Crippen LogP contribution in [0.3, 0.4) is 0 Å². The molecule has 0 aliphatic carbocycles. The molecule has 0 saturated heterocycles. The number of Topliss-reactive ketones (excluding diaryl/α,β-unsaturated/α-hetero) is 1. The van der Waals surface area contributed by atoms with Gasteiger partial charge in [-0.25, -0.2) is 0 Å². The molecule has 0 bridgehead atoms. The first-order valence-corrected chi connectivity index (χ1v) is 5.42. The molecule has 0 spiro atoms. The number of nitrogens with one attached hydrogen (secondary N) is 1. The minimum absolute atomic E-state index is 0.239. The monoisotopic (exact) mass is 197 g/mol. The fraction of sp³-hybridized carbons (Fsp3) is 0.500. The molecular weight excluding hydrogens is 182 g/mol. The van der Waals surface area contributed by atoms with E-state index in [2.05, 4.69) is 5.32 Å². The van der Waals surface area contributed by atoms with Crippen LogP contribution in [0.1, 0.15) is 29.9 Å². The third-order valence-corrected chi connectivity index (χ3v) is 2.75. The van der Waals surface area contributed by atoms with Crippen LogP contribution in [-0.4, -0.2) is 18.4 Å². The molecule has 0 fully saturated rings. The minimum Gasteiger partial charge on any atom is -0.314 e. The lowest BCUT2D eigenvalue weighted by Gasteiger charge is -2.09. The van der Waals surface area contributed by atoms with Crippen LogP contribution in [0.2, 0.25) is 0 Å². The highest BCUT2D eigenvalue weighted by atomic mass is 32.1. The van der Waals surface area contributed by atoms with Gasteiger partial charge in [-0.2, -0.15) is 0 Å². The second kappa shape index (κ2) is 5.14. The Kier molecular flexibility index (Phi) is 4.12. The summed E-state index contributed by atoms with van der Waals surface area (Å²) in [5.74, 6) is 0.239. The van der Waals surface area contributed by atoms with E-state index in [1.54, 1.807) is 0 Å². The Hall–Kier alpha value is -0.670. The highest BCUT2D eigenvalue weighted by Gasteiger charge is 2.10. The molecule has 3 heteroatoms. The molecule has 1 aromatic rings. The second-order valence-electron chi connectivity index (χ2n) is 3.06. The first kappa shape index (κ1) is 10.4. The summed E-state index contributed by atoms with van der Waals surface area (Å²) in [4.78, 5) is 12.4. The Labute approximate surface area is 83.0 Å². The maximum Gasteiger partial charge on any atom is 0.174 e. The molecule has 0 aliphatic rings. The standard InChI is InChI=1S/C10H15NOS/c1-3-11-8(2)7-9(12)10-5-4-6-13-10/h4-6,8,11H,3,7H2,1-2H3. The van der Waals surface area contributed by atoms with Gasteiger partial charge in [0.2, 0.25) is 0 Å². The van der Waals surface area contributed by atoms with Gasteiger partial charge in [0.05, 0.1) is 4.88 Å². The van der Waals surface area contributed by atoms with Crippen LogP contribution < -0.4 is 5.32 Å². The second-order valence-corrected chi connectivity index (χ2v) is 4.01. The van der Waals surface area contributed by atoms with E-state index in [-0.39, 0.29) is 11.8 Å². The molecule has 0 radical (unpaired) electrons. The molecule has 1 unspecified atom stereocenters. The SMILES string of the molecule is CCNC(C)CC(=O)c1cccs1. The molecule has 0 aliphatic heterocycles. The zero-order chi connectivity index (χ0) is 9.68. The highest BCUT2D eigenvalue weighted by Crippen LogP contribution is 2.12. The van der Waals surface area contributed by atoms with Crippen LogP contribution in [0.25, 0.3) is 0 Å². The van der Waals surface area contributed by atoms with Gasteiger partial charge in [-0.3, -0.25) is 4.79 Å². The summed E-state index contributed by atoms with van der Waals surface area (Å²) in [6.45, 7) is 5.00. The molecule has 1 N–H and O–H groups in total. The molecule has 1 rings (SSSR count). The van der Waals surface area contributed by atoms with E-state index in [1.807, 2.05) is 31.4 Å². The lowest BCUT2D eigenvalue weighted by atomic mass is 10.1. The predicted molar refractivity (Wildman–Crippen MR) is 56.4 cm³/mol. The van der Waals surface area contributed by atoms with Gasteiger partial charge >= 0.3 is 0 Å². The van der Waals surface area contributed by atoms with E-state index < -0.39 is 0 Å². The van der Waals surface area contributed by atoms with E-state index >= 15 is 0 Å². The Bertz CT molecular complexity index is 256. The molecule has 1 atom stereocenters. The lowest BCUT2D eigenvalue weighted by Crippen LogP contribution is -2.27. The van der Waals surface area contributed by atoms with E-state index in [0.29, 0.717) is 6.42 Å². The number of carbonyl (C=O) groups excluding carboxylic acids is 1. The first-order valence-electron chi connectivity index (χ1n) is 4.54. The maximum atomic E-state index is 11.6. The van der Waals surface area contributed by atoms with Crippen molar-refractivity contribution in [3.05, 3.63) is 22.4 Å². The number of thiophene rings is 1. The van der Waals surface area contributed by atoms with Crippen molar-refractivity contribution in [2.45, 2.75) is 26.3 Å². The summed E-state index contributed by atoms with van der Waals surface area (Å²) in [6.07, 6.45) is 0.592.